The number of rotatable bonds is 3. The lowest BCUT2D eigenvalue weighted by Crippen LogP contribution is -2.00. The normalized spacial score (nSPS) is 10.8. The zero-order valence-corrected chi connectivity index (χ0v) is 12.4. The standard InChI is InChI=1S/C16H10BrF2NO/c17-12-7-13(18)15(19)14(8-12)21-9-11-4-1-3-10-5-2-6-20-16(10)11/h1-8H,9H2. The molecule has 1 aromatic heterocycles. The molecule has 3 aromatic rings. The SMILES string of the molecule is Fc1cc(Br)cc(OCc2cccc3cccnc23)c1F. The number of nitrogens with zero attached hydrogens (tertiary/aromatic N) is 1. The molecule has 0 aliphatic carbocycles. The number of fused-ring (bicyclic) bond motifs is 1. The molecule has 106 valence electrons. The van der Waals surface area contributed by atoms with Gasteiger partial charge in [0.2, 0.25) is 5.82 Å². The highest BCUT2D eigenvalue weighted by molar-refractivity contribution is 9.10. The first-order chi connectivity index (χ1) is 10.1. The van der Waals surface area contributed by atoms with Crippen molar-refractivity contribution in [3.05, 3.63) is 70.3 Å². The van der Waals surface area contributed by atoms with Gasteiger partial charge in [0.1, 0.15) is 6.61 Å². The minimum Gasteiger partial charge on any atom is -0.486 e. The first-order valence-electron chi connectivity index (χ1n) is 6.25. The van der Waals surface area contributed by atoms with Crippen molar-refractivity contribution in [2.24, 2.45) is 0 Å². The predicted octanol–water partition coefficient (Wildman–Crippen LogP) is 4.85. The smallest absolute Gasteiger partial charge is 0.200 e. The van der Waals surface area contributed by atoms with E-state index in [1.807, 2.05) is 30.3 Å². The van der Waals surface area contributed by atoms with Crippen LogP contribution < -0.4 is 4.74 Å². The minimum absolute atomic E-state index is 0.112. The van der Waals surface area contributed by atoms with Crippen LogP contribution in [0.25, 0.3) is 10.9 Å². The van der Waals surface area contributed by atoms with Gasteiger partial charge in [-0.25, -0.2) is 4.39 Å². The zero-order valence-electron chi connectivity index (χ0n) is 10.8. The number of para-hydroxylation sites is 1. The summed E-state index contributed by atoms with van der Waals surface area (Å²) in [5, 5.41) is 0.972. The van der Waals surface area contributed by atoms with Crippen LogP contribution in [0, 0.1) is 11.6 Å². The van der Waals surface area contributed by atoms with Crippen LogP contribution in [-0.2, 0) is 6.61 Å². The number of hydrogen-bond acceptors (Lipinski definition) is 2. The van der Waals surface area contributed by atoms with Crippen molar-refractivity contribution < 1.29 is 13.5 Å². The predicted molar refractivity (Wildman–Crippen MR) is 80.1 cm³/mol. The average Bonchev–Trinajstić information content (AvgIpc) is 2.49. The molecule has 0 unspecified atom stereocenters. The van der Waals surface area contributed by atoms with E-state index >= 15 is 0 Å². The number of hydrogen-bond donors (Lipinski definition) is 0. The number of halogens is 3. The van der Waals surface area contributed by atoms with Crippen LogP contribution in [0.5, 0.6) is 5.75 Å². The van der Waals surface area contributed by atoms with Gasteiger partial charge in [0.15, 0.2) is 11.6 Å². The first kappa shape index (κ1) is 13.9. The summed E-state index contributed by atoms with van der Waals surface area (Å²) in [4.78, 5) is 4.29. The van der Waals surface area contributed by atoms with Crippen molar-refractivity contribution in [2.45, 2.75) is 6.61 Å². The number of ether oxygens (including phenoxy) is 1. The van der Waals surface area contributed by atoms with Crippen LogP contribution in [0.2, 0.25) is 0 Å². The van der Waals surface area contributed by atoms with Gasteiger partial charge < -0.3 is 4.74 Å². The molecule has 0 N–H and O–H groups in total. The summed E-state index contributed by atoms with van der Waals surface area (Å²) < 4.78 is 32.8. The van der Waals surface area contributed by atoms with Crippen molar-refractivity contribution in [3.63, 3.8) is 0 Å². The third-order valence-electron chi connectivity index (χ3n) is 3.06. The summed E-state index contributed by atoms with van der Waals surface area (Å²) in [7, 11) is 0. The molecule has 2 aromatic carbocycles. The van der Waals surface area contributed by atoms with Crippen molar-refractivity contribution in [1.29, 1.82) is 0 Å². The highest BCUT2D eigenvalue weighted by atomic mass is 79.9. The van der Waals surface area contributed by atoms with Crippen LogP contribution in [-0.4, -0.2) is 4.98 Å². The van der Waals surface area contributed by atoms with Crippen LogP contribution in [0.4, 0.5) is 8.78 Å². The lowest BCUT2D eigenvalue weighted by atomic mass is 10.1. The maximum atomic E-state index is 13.7. The fourth-order valence-electron chi connectivity index (χ4n) is 2.08. The van der Waals surface area contributed by atoms with E-state index in [0.29, 0.717) is 4.47 Å². The van der Waals surface area contributed by atoms with E-state index in [1.54, 1.807) is 6.20 Å². The van der Waals surface area contributed by atoms with Crippen molar-refractivity contribution >= 4 is 26.8 Å². The van der Waals surface area contributed by atoms with Gasteiger partial charge in [-0.1, -0.05) is 40.2 Å². The van der Waals surface area contributed by atoms with E-state index in [9.17, 15) is 8.78 Å². The Kier molecular flexibility index (Phi) is 3.84. The van der Waals surface area contributed by atoms with Crippen molar-refractivity contribution in [1.82, 2.24) is 4.98 Å². The van der Waals surface area contributed by atoms with Gasteiger partial charge in [0.05, 0.1) is 5.52 Å². The number of pyridine rings is 1. The summed E-state index contributed by atoms with van der Waals surface area (Å²) in [6.07, 6.45) is 1.69. The van der Waals surface area contributed by atoms with E-state index in [4.69, 9.17) is 4.74 Å². The molecule has 0 atom stereocenters. The van der Waals surface area contributed by atoms with E-state index < -0.39 is 11.6 Å². The van der Waals surface area contributed by atoms with Gasteiger partial charge >= 0.3 is 0 Å². The van der Waals surface area contributed by atoms with Gasteiger partial charge in [-0.15, -0.1) is 0 Å². The van der Waals surface area contributed by atoms with Gasteiger partial charge in [-0.2, -0.15) is 4.39 Å². The van der Waals surface area contributed by atoms with Gasteiger partial charge in [-0.05, 0) is 18.2 Å². The molecule has 0 saturated heterocycles. The fraction of sp³-hybridized carbons (Fsp3) is 0.0625. The van der Waals surface area contributed by atoms with Crippen molar-refractivity contribution in [3.8, 4) is 5.75 Å². The molecule has 0 amide bonds. The minimum atomic E-state index is -0.994. The van der Waals surface area contributed by atoms with E-state index in [2.05, 4.69) is 20.9 Å². The Morgan fingerprint density at radius 2 is 1.90 bits per heavy atom. The Morgan fingerprint density at radius 3 is 2.76 bits per heavy atom. The molecule has 0 radical (unpaired) electrons. The van der Waals surface area contributed by atoms with Crippen LogP contribution in [0.15, 0.2) is 53.1 Å². The highest BCUT2D eigenvalue weighted by Crippen LogP contribution is 2.26. The van der Waals surface area contributed by atoms with Gasteiger partial charge in [0, 0.05) is 21.6 Å². The second-order valence-corrected chi connectivity index (χ2v) is 5.40. The number of aromatic nitrogens is 1. The summed E-state index contributed by atoms with van der Waals surface area (Å²) in [5.74, 6) is -2.07. The van der Waals surface area contributed by atoms with Crippen LogP contribution >= 0.6 is 15.9 Å². The quantitative estimate of drug-likeness (QED) is 0.630. The molecule has 1 heterocycles. The summed E-state index contributed by atoms with van der Waals surface area (Å²) in [5.41, 5.74) is 1.60. The molecule has 5 heteroatoms. The molecule has 0 spiro atoms. The zero-order chi connectivity index (χ0) is 14.8. The molecule has 0 aliphatic rings. The third kappa shape index (κ3) is 2.88. The summed E-state index contributed by atoms with van der Waals surface area (Å²) in [6, 6.07) is 11.9. The molecule has 0 aliphatic heterocycles. The highest BCUT2D eigenvalue weighted by Gasteiger charge is 2.12. The molecular formula is C16H10BrF2NO. The molecule has 0 fully saturated rings. The average molecular weight is 350 g/mol. The molecule has 0 bridgehead atoms. The monoisotopic (exact) mass is 349 g/mol. The Morgan fingerprint density at radius 1 is 1.10 bits per heavy atom. The van der Waals surface area contributed by atoms with Gasteiger partial charge in [0.25, 0.3) is 0 Å². The lowest BCUT2D eigenvalue weighted by Gasteiger charge is -2.10. The molecular weight excluding hydrogens is 340 g/mol. The molecule has 21 heavy (non-hydrogen) atoms. The maximum Gasteiger partial charge on any atom is 0.200 e. The van der Waals surface area contributed by atoms with E-state index in [-0.39, 0.29) is 12.4 Å². The van der Waals surface area contributed by atoms with Crippen LogP contribution in [0.3, 0.4) is 0 Å². The largest absolute Gasteiger partial charge is 0.486 e. The Bertz CT molecular complexity index is 802. The molecule has 2 nitrogen and oxygen atoms in total. The van der Waals surface area contributed by atoms with Gasteiger partial charge in [-0.3, -0.25) is 4.98 Å². The first-order valence-corrected chi connectivity index (χ1v) is 7.04. The van der Waals surface area contributed by atoms with E-state index in [1.165, 1.54) is 6.07 Å². The third-order valence-corrected chi connectivity index (χ3v) is 3.52. The number of benzene rings is 2. The summed E-state index contributed by atoms with van der Waals surface area (Å²) in [6.45, 7) is 0.112. The Labute approximate surface area is 128 Å². The second kappa shape index (κ2) is 5.77. The van der Waals surface area contributed by atoms with E-state index in [0.717, 1.165) is 22.5 Å². The van der Waals surface area contributed by atoms with Crippen molar-refractivity contribution in [2.75, 3.05) is 0 Å². The maximum absolute atomic E-state index is 13.7. The molecule has 0 saturated carbocycles. The molecule has 3 rings (SSSR count). The second-order valence-electron chi connectivity index (χ2n) is 4.48. The Hall–Kier alpha value is -2.01. The lowest BCUT2D eigenvalue weighted by molar-refractivity contribution is 0.285. The fourth-order valence-corrected chi connectivity index (χ4v) is 2.49. The topological polar surface area (TPSA) is 22.1 Å². The van der Waals surface area contributed by atoms with Crippen LogP contribution in [0.1, 0.15) is 5.56 Å². The Balaban J connectivity index is 1.91. The summed E-state index contributed by atoms with van der Waals surface area (Å²) >= 11 is 3.11.